The summed E-state index contributed by atoms with van der Waals surface area (Å²) in [7, 11) is 0. The van der Waals surface area contributed by atoms with Crippen LogP contribution in [-0.2, 0) is 0 Å². The zero-order valence-corrected chi connectivity index (χ0v) is 11.7. The molecule has 0 saturated carbocycles. The van der Waals surface area contributed by atoms with E-state index in [4.69, 9.17) is 12.2 Å². The van der Waals surface area contributed by atoms with Crippen molar-refractivity contribution in [3.63, 3.8) is 0 Å². The van der Waals surface area contributed by atoms with Crippen molar-refractivity contribution in [2.45, 2.75) is 6.92 Å². The van der Waals surface area contributed by atoms with Gasteiger partial charge in [0, 0.05) is 11.3 Å². The number of hydrogen-bond donors (Lipinski definition) is 3. The van der Waals surface area contributed by atoms with Gasteiger partial charge in [-0.15, -0.1) is 0 Å². The monoisotopic (exact) mass is 286 g/mol. The van der Waals surface area contributed by atoms with Gasteiger partial charge in [-0.2, -0.15) is 0 Å². The standard InChI is InChI=1S/C15H14N2O2S/c1-10-4-2-3-5-13(10)14(19)17-15(20)16-11-6-8-12(18)9-7-11/h2-9,18H,1H3,(H2,16,17,19,20). The third kappa shape index (κ3) is 3.55. The maximum Gasteiger partial charge on any atom is 0.257 e. The van der Waals surface area contributed by atoms with E-state index in [2.05, 4.69) is 10.6 Å². The third-order valence-corrected chi connectivity index (χ3v) is 2.95. The number of hydrogen-bond acceptors (Lipinski definition) is 3. The average molecular weight is 286 g/mol. The summed E-state index contributed by atoms with van der Waals surface area (Å²) in [5.41, 5.74) is 2.16. The Morgan fingerprint density at radius 1 is 1.10 bits per heavy atom. The van der Waals surface area contributed by atoms with Crippen molar-refractivity contribution in [2.75, 3.05) is 5.32 Å². The molecule has 0 saturated heterocycles. The Kier molecular flexibility index (Phi) is 4.32. The first-order valence-corrected chi connectivity index (χ1v) is 6.44. The largest absolute Gasteiger partial charge is 0.508 e. The molecule has 102 valence electrons. The molecule has 3 N–H and O–H groups in total. The molecule has 0 aliphatic carbocycles. The second-order valence-corrected chi connectivity index (χ2v) is 4.68. The number of aromatic hydroxyl groups is 1. The smallest absolute Gasteiger partial charge is 0.257 e. The molecule has 2 aromatic carbocycles. The first-order valence-electron chi connectivity index (χ1n) is 6.03. The second kappa shape index (κ2) is 6.16. The van der Waals surface area contributed by atoms with Crippen molar-refractivity contribution < 1.29 is 9.90 Å². The molecule has 0 atom stereocenters. The molecule has 0 aliphatic rings. The molecule has 0 aliphatic heterocycles. The first-order chi connectivity index (χ1) is 9.56. The van der Waals surface area contributed by atoms with Crippen LogP contribution >= 0.6 is 12.2 Å². The van der Waals surface area contributed by atoms with Crippen LogP contribution < -0.4 is 10.6 Å². The number of rotatable bonds is 2. The van der Waals surface area contributed by atoms with Crippen LogP contribution in [0.4, 0.5) is 5.69 Å². The minimum atomic E-state index is -0.251. The second-order valence-electron chi connectivity index (χ2n) is 4.27. The van der Waals surface area contributed by atoms with Crippen molar-refractivity contribution in [3.8, 4) is 5.75 Å². The summed E-state index contributed by atoms with van der Waals surface area (Å²) in [6.07, 6.45) is 0. The van der Waals surface area contributed by atoms with Crippen LogP contribution in [0.2, 0.25) is 0 Å². The van der Waals surface area contributed by atoms with Crippen molar-refractivity contribution in [1.29, 1.82) is 0 Å². The number of phenolic OH excluding ortho intramolecular Hbond substituents is 1. The van der Waals surface area contributed by atoms with Gasteiger partial charge in [0.25, 0.3) is 5.91 Å². The van der Waals surface area contributed by atoms with E-state index in [0.717, 1.165) is 5.56 Å². The molecule has 0 aromatic heterocycles. The summed E-state index contributed by atoms with van der Waals surface area (Å²) < 4.78 is 0. The van der Waals surface area contributed by atoms with Crippen molar-refractivity contribution in [1.82, 2.24) is 5.32 Å². The predicted molar refractivity (Wildman–Crippen MR) is 83.0 cm³/mol. The Morgan fingerprint density at radius 3 is 2.40 bits per heavy atom. The number of aryl methyl sites for hydroxylation is 1. The van der Waals surface area contributed by atoms with Gasteiger partial charge in [0.1, 0.15) is 5.75 Å². The van der Waals surface area contributed by atoms with Gasteiger partial charge in [0.05, 0.1) is 0 Å². The topological polar surface area (TPSA) is 61.4 Å². The molecule has 4 nitrogen and oxygen atoms in total. The molecule has 1 amide bonds. The Balaban J connectivity index is 2.00. The lowest BCUT2D eigenvalue weighted by atomic mass is 10.1. The lowest BCUT2D eigenvalue weighted by Crippen LogP contribution is -2.34. The highest BCUT2D eigenvalue weighted by Gasteiger charge is 2.09. The SMILES string of the molecule is Cc1ccccc1C(=O)NC(=S)Nc1ccc(O)cc1. The molecule has 0 bridgehead atoms. The van der Waals surface area contributed by atoms with Gasteiger partial charge >= 0.3 is 0 Å². The fraction of sp³-hybridized carbons (Fsp3) is 0.0667. The summed E-state index contributed by atoms with van der Waals surface area (Å²) in [6.45, 7) is 1.87. The van der Waals surface area contributed by atoms with Crippen molar-refractivity contribution in [2.24, 2.45) is 0 Å². The van der Waals surface area contributed by atoms with E-state index in [1.807, 2.05) is 19.1 Å². The van der Waals surface area contributed by atoms with E-state index in [0.29, 0.717) is 11.3 Å². The lowest BCUT2D eigenvalue weighted by molar-refractivity contribution is 0.0977. The van der Waals surface area contributed by atoms with E-state index < -0.39 is 0 Å². The number of anilines is 1. The van der Waals surface area contributed by atoms with Crippen LogP contribution in [0, 0.1) is 6.92 Å². The highest BCUT2D eigenvalue weighted by Crippen LogP contribution is 2.13. The highest BCUT2D eigenvalue weighted by atomic mass is 32.1. The lowest BCUT2D eigenvalue weighted by Gasteiger charge is -2.10. The van der Waals surface area contributed by atoms with Crippen molar-refractivity contribution >= 4 is 28.9 Å². The maximum atomic E-state index is 12.0. The van der Waals surface area contributed by atoms with Gasteiger partial charge in [-0.3, -0.25) is 10.1 Å². The Hall–Kier alpha value is -2.40. The molecular formula is C15H14N2O2S. The summed E-state index contributed by atoms with van der Waals surface area (Å²) >= 11 is 5.08. The number of amides is 1. The molecular weight excluding hydrogens is 272 g/mol. The van der Waals surface area contributed by atoms with Gasteiger partial charge in [-0.25, -0.2) is 0 Å². The van der Waals surface area contributed by atoms with Crippen LogP contribution in [-0.4, -0.2) is 16.1 Å². The van der Waals surface area contributed by atoms with Crippen LogP contribution in [0.25, 0.3) is 0 Å². The number of carbonyl (C=O) groups is 1. The maximum absolute atomic E-state index is 12.0. The number of nitrogens with one attached hydrogen (secondary N) is 2. The van der Waals surface area contributed by atoms with Crippen LogP contribution in [0.1, 0.15) is 15.9 Å². The Labute approximate surface area is 122 Å². The van der Waals surface area contributed by atoms with E-state index >= 15 is 0 Å². The van der Waals surface area contributed by atoms with Gasteiger partial charge in [-0.05, 0) is 55.0 Å². The van der Waals surface area contributed by atoms with Crippen molar-refractivity contribution in [3.05, 3.63) is 59.7 Å². The zero-order chi connectivity index (χ0) is 14.5. The van der Waals surface area contributed by atoms with E-state index in [1.54, 1.807) is 24.3 Å². The Morgan fingerprint density at radius 2 is 1.75 bits per heavy atom. The Bertz CT molecular complexity index is 639. The van der Waals surface area contributed by atoms with E-state index in [-0.39, 0.29) is 16.8 Å². The molecule has 0 fully saturated rings. The van der Waals surface area contributed by atoms with Crippen LogP contribution in [0.3, 0.4) is 0 Å². The molecule has 0 radical (unpaired) electrons. The molecule has 2 aromatic rings. The first kappa shape index (κ1) is 14.0. The molecule has 0 heterocycles. The predicted octanol–water partition coefficient (Wildman–Crippen LogP) is 2.83. The fourth-order valence-corrected chi connectivity index (χ4v) is 1.92. The summed E-state index contributed by atoms with van der Waals surface area (Å²) in [5.74, 6) is -0.0789. The minimum Gasteiger partial charge on any atom is -0.508 e. The van der Waals surface area contributed by atoms with Gasteiger partial charge < -0.3 is 10.4 Å². The van der Waals surface area contributed by atoms with E-state index in [9.17, 15) is 9.90 Å². The normalized spacial score (nSPS) is 9.85. The van der Waals surface area contributed by atoms with Crippen LogP contribution in [0.5, 0.6) is 5.75 Å². The number of phenols is 1. The number of carbonyl (C=O) groups excluding carboxylic acids is 1. The third-order valence-electron chi connectivity index (χ3n) is 2.74. The number of benzene rings is 2. The zero-order valence-electron chi connectivity index (χ0n) is 10.9. The highest BCUT2D eigenvalue weighted by molar-refractivity contribution is 7.80. The van der Waals surface area contributed by atoms with E-state index in [1.165, 1.54) is 12.1 Å². The van der Waals surface area contributed by atoms with Gasteiger partial charge in [0.2, 0.25) is 0 Å². The van der Waals surface area contributed by atoms with Gasteiger partial charge in [0.15, 0.2) is 5.11 Å². The fourth-order valence-electron chi connectivity index (χ4n) is 1.71. The molecule has 20 heavy (non-hydrogen) atoms. The molecule has 0 unspecified atom stereocenters. The average Bonchev–Trinajstić information content (AvgIpc) is 2.41. The molecule has 2 rings (SSSR count). The minimum absolute atomic E-state index is 0.172. The molecule has 5 heteroatoms. The van der Waals surface area contributed by atoms with Crippen LogP contribution in [0.15, 0.2) is 48.5 Å². The molecule has 0 spiro atoms. The quantitative estimate of drug-likeness (QED) is 0.587. The summed E-state index contributed by atoms with van der Waals surface area (Å²) in [5, 5.41) is 14.9. The number of thiocarbonyl (C=S) groups is 1. The van der Waals surface area contributed by atoms with Gasteiger partial charge in [-0.1, -0.05) is 18.2 Å². The summed E-state index contributed by atoms with van der Waals surface area (Å²) in [4.78, 5) is 12.0. The summed E-state index contributed by atoms with van der Waals surface area (Å²) in [6, 6.07) is 13.7.